The number of hydrogen-bond acceptors (Lipinski definition) is 9. The Morgan fingerprint density at radius 2 is 1.90 bits per heavy atom. The van der Waals surface area contributed by atoms with E-state index in [1.165, 1.54) is 0 Å². The van der Waals surface area contributed by atoms with E-state index in [4.69, 9.17) is 27.1 Å². The summed E-state index contributed by atoms with van der Waals surface area (Å²) in [6.45, 7) is 2.58. The highest BCUT2D eigenvalue weighted by Gasteiger charge is 2.49. The molecule has 42 heavy (non-hydrogen) atoms. The quantitative estimate of drug-likeness (QED) is 0.432. The van der Waals surface area contributed by atoms with Gasteiger partial charge in [-0.25, -0.2) is 13.8 Å². The Balaban J connectivity index is 1.24. The van der Waals surface area contributed by atoms with Crippen LogP contribution in [-0.4, -0.2) is 84.0 Å². The molecule has 1 aliphatic carbocycles. The number of halogens is 3. The van der Waals surface area contributed by atoms with Gasteiger partial charge in [-0.3, -0.25) is 14.1 Å². The maximum absolute atomic E-state index is 16.6. The standard InChI is InChI=1S/C29H32ClF2N7O2S/c30-20-8-21(33)35-25(22(20)15-2-3-15)26-23(32)24-19(10-34-26)27(38-12-17-4-5-18(13-38)42(17)40)37-28(36-24)41-14-29-6-1-7-39(29)11-16(31)9-29/h8,10,15-18H,1-7,9,11-14H2,(H2,33,35)/t16-,17?,18?,29+,42?/m1/s1. The molecule has 2 N–H and O–H groups in total. The number of fused-ring (bicyclic) bond motifs is 4. The van der Waals surface area contributed by atoms with Gasteiger partial charge in [0, 0.05) is 53.6 Å². The molecule has 3 aromatic rings. The number of aromatic nitrogens is 4. The Bertz CT molecular complexity index is 1610. The van der Waals surface area contributed by atoms with Crippen molar-refractivity contribution in [1.82, 2.24) is 24.8 Å². The van der Waals surface area contributed by atoms with E-state index in [0.29, 0.717) is 48.0 Å². The SMILES string of the molecule is Nc1cc(Cl)c(C2CC2)c(-c2ncc3c(N4CC5CCC(C4)S5=O)nc(OC[C@@]45CCCN4C[C@H](F)C5)nc3c2F)n1. The van der Waals surface area contributed by atoms with E-state index in [1.54, 1.807) is 12.3 Å². The average Bonchev–Trinajstić information content (AvgIpc) is 3.60. The Kier molecular flexibility index (Phi) is 6.35. The third-order valence-corrected chi connectivity index (χ3v) is 12.1. The summed E-state index contributed by atoms with van der Waals surface area (Å²) in [5, 5.41) is 0.985. The molecule has 4 aliphatic heterocycles. The summed E-state index contributed by atoms with van der Waals surface area (Å²) in [6, 6.07) is 1.63. The van der Waals surface area contributed by atoms with Crippen LogP contribution >= 0.6 is 11.6 Å². The number of alkyl halides is 1. The molecule has 222 valence electrons. The van der Waals surface area contributed by atoms with Gasteiger partial charge in [0.05, 0.1) is 27.1 Å². The number of anilines is 2. The summed E-state index contributed by atoms with van der Waals surface area (Å²) in [7, 11) is -0.883. The van der Waals surface area contributed by atoms with E-state index in [9.17, 15) is 8.60 Å². The number of pyridine rings is 2. The lowest BCUT2D eigenvalue weighted by molar-refractivity contribution is 0.107. The van der Waals surface area contributed by atoms with E-state index < -0.39 is 28.3 Å². The van der Waals surface area contributed by atoms with Gasteiger partial charge in [-0.15, -0.1) is 0 Å². The van der Waals surface area contributed by atoms with Crippen molar-refractivity contribution in [2.75, 3.05) is 43.4 Å². The molecule has 0 aromatic carbocycles. The Morgan fingerprint density at radius 1 is 1.12 bits per heavy atom. The summed E-state index contributed by atoms with van der Waals surface area (Å²) in [5.74, 6) is 0.235. The minimum atomic E-state index is -0.893. The number of nitrogens with two attached hydrogens (primary N) is 1. The highest BCUT2D eigenvalue weighted by molar-refractivity contribution is 7.86. The van der Waals surface area contributed by atoms with Crippen molar-refractivity contribution in [3.05, 3.63) is 28.7 Å². The second-order valence-corrected chi connectivity index (χ2v) is 14.9. The van der Waals surface area contributed by atoms with Gasteiger partial charge >= 0.3 is 6.01 Å². The van der Waals surface area contributed by atoms with Crippen LogP contribution in [0.2, 0.25) is 5.02 Å². The summed E-state index contributed by atoms with van der Waals surface area (Å²) >= 11 is 6.57. The molecule has 0 spiro atoms. The van der Waals surface area contributed by atoms with E-state index in [0.717, 1.165) is 50.6 Å². The van der Waals surface area contributed by atoms with Crippen LogP contribution in [0.15, 0.2) is 12.3 Å². The number of ether oxygens (including phenoxy) is 1. The predicted octanol–water partition coefficient (Wildman–Crippen LogP) is 4.39. The molecule has 13 heteroatoms. The van der Waals surface area contributed by atoms with Crippen molar-refractivity contribution < 1.29 is 17.7 Å². The lowest BCUT2D eigenvalue weighted by Crippen LogP contribution is -2.45. The molecule has 0 radical (unpaired) electrons. The monoisotopic (exact) mass is 615 g/mol. The second kappa shape index (κ2) is 9.92. The minimum absolute atomic E-state index is 0.0330. The van der Waals surface area contributed by atoms with Gasteiger partial charge in [-0.05, 0) is 57.1 Å². The molecule has 1 saturated carbocycles. The van der Waals surface area contributed by atoms with E-state index in [2.05, 4.69) is 24.8 Å². The lowest BCUT2D eigenvalue weighted by atomic mass is 9.95. The van der Waals surface area contributed by atoms with Crippen LogP contribution in [0.4, 0.5) is 20.4 Å². The molecule has 2 unspecified atom stereocenters. The number of nitrogens with zero attached hydrogens (tertiary/aromatic N) is 6. The third kappa shape index (κ3) is 4.35. The van der Waals surface area contributed by atoms with Crippen LogP contribution in [0.5, 0.6) is 6.01 Å². The van der Waals surface area contributed by atoms with Crippen molar-refractivity contribution in [3.63, 3.8) is 0 Å². The summed E-state index contributed by atoms with van der Waals surface area (Å²) in [5.41, 5.74) is 6.81. The van der Waals surface area contributed by atoms with Gasteiger partial charge in [0.15, 0.2) is 5.82 Å². The van der Waals surface area contributed by atoms with Gasteiger partial charge in [0.2, 0.25) is 0 Å². The first-order valence-corrected chi connectivity index (χ1v) is 16.4. The van der Waals surface area contributed by atoms with Gasteiger partial charge in [0.25, 0.3) is 0 Å². The molecule has 2 bridgehead atoms. The predicted molar refractivity (Wildman–Crippen MR) is 158 cm³/mol. The third-order valence-electron chi connectivity index (χ3n) is 9.73. The molecule has 9 nitrogen and oxygen atoms in total. The summed E-state index contributed by atoms with van der Waals surface area (Å²) < 4.78 is 50.0. The first-order chi connectivity index (χ1) is 20.3. The summed E-state index contributed by atoms with van der Waals surface area (Å²) in [6.07, 6.45) is 6.58. The molecule has 5 fully saturated rings. The highest BCUT2D eigenvalue weighted by atomic mass is 35.5. The van der Waals surface area contributed by atoms with Gasteiger partial charge in [-0.1, -0.05) is 11.6 Å². The first-order valence-electron chi connectivity index (χ1n) is 14.8. The van der Waals surface area contributed by atoms with Crippen molar-refractivity contribution in [3.8, 4) is 17.4 Å². The fourth-order valence-corrected chi connectivity index (χ4v) is 9.86. The van der Waals surface area contributed by atoms with Crippen LogP contribution in [0, 0.1) is 5.82 Å². The van der Waals surface area contributed by atoms with Crippen molar-refractivity contribution >= 4 is 44.9 Å². The fraction of sp³-hybridized carbons (Fsp3) is 0.586. The van der Waals surface area contributed by atoms with Crippen LogP contribution in [0.25, 0.3) is 22.3 Å². The zero-order valence-electron chi connectivity index (χ0n) is 23.1. The fourth-order valence-electron chi connectivity index (χ4n) is 7.57. The number of hydrogen-bond donors (Lipinski definition) is 1. The number of nitrogen functional groups attached to an aromatic ring is 1. The number of rotatable bonds is 6. The van der Waals surface area contributed by atoms with Crippen LogP contribution in [-0.2, 0) is 10.8 Å². The summed E-state index contributed by atoms with van der Waals surface area (Å²) in [4.78, 5) is 22.6. The Morgan fingerprint density at radius 3 is 2.67 bits per heavy atom. The Labute approximate surface area is 249 Å². The van der Waals surface area contributed by atoms with E-state index >= 15 is 4.39 Å². The van der Waals surface area contributed by atoms with Gasteiger partial charge in [0.1, 0.15) is 35.6 Å². The van der Waals surface area contributed by atoms with Crippen molar-refractivity contribution in [2.45, 2.75) is 73.1 Å². The molecule has 8 rings (SSSR count). The molecular weight excluding hydrogens is 584 g/mol. The smallest absolute Gasteiger partial charge is 0.319 e. The minimum Gasteiger partial charge on any atom is -0.461 e. The second-order valence-electron chi connectivity index (χ2n) is 12.5. The van der Waals surface area contributed by atoms with Crippen molar-refractivity contribution in [2.24, 2.45) is 0 Å². The van der Waals surface area contributed by atoms with Crippen molar-refractivity contribution in [1.29, 1.82) is 0 Å². The lowest BCUT2D eigenvalue weighted by Gasteiger charge is -2.33. The molecule has 4 atom stereocenters. The van der Waals surface area contributed by atoms with E-state index in [1.807, 2.05) is 0 Å². The zero-order chi connectivity index (χ0) is 28.7. The van der Waals surface area contributed by atoms with Crippen LogP contribution in [0.3, 0.4) is 0 Å². The first kappa shape index (κ1) is 26.9. The molecule has 0 amide bonds. The van der Waals surface area contributed by atoms with Gasteiger partial charge in [-0.2, -0.15) is 9.97 Å². The molecule has 5 aliphatic rings. The zero-order valence-corrected chi connectivity index (χ0v) is 24.6. The molecule has 4 saturated heterocycles. The average molecular weight is 616 g/mol. The molecular formula is C29H32ClF2N7O2S. The Hall–Kier alpha value is -2.70. The topological polar surface area (TPSA) is 110 Å². The van der Waals surface area contributed by atoms with Gasteiger partial charge < -0.3 is 15.4 Å². The maximum Gasteiger partial charge on any atom is 0.319 e. The van der Waals surface area contributed by atoms with E-state index in [-0.39, 0.29) is 46.1 Å². The van der Waals surface area contributed by atoms with Crippen LogP contribution < -0.4 is 15.4 Å². The molecule has 3 aromatic heterocycles. The molecule has 7 heterocycles. The highest BCUT2D eigenvalue weighted by Crippen LogP contribution is 2.48. The normalized spacial score (nSPS) is 30.8. The maximum atomic E-state index is 16.6. The largest absolute Gasteiger partial charge is 0.461 e. The van der Waals surface area contributed by atoms with Crippen LogP contribution in [0.1, 0.15) is 56.4 Å².